The summed E-state index contributed by atoms with van der Waals surface area (Å²) in [6.07, 6.45) is 3.84. The van der Waals surface area contributed by atoms with Gasteiger partial charge in [-0.25, -0.2) is 14.5 Å². The van der Waals surface area contributed by atoms with Gasteiger partial charge in [-0.1, -0.05) is 0 Å². The molecule has 2 aliphatic heterocycles. The minimum Gasteiger partial charge on any atom is -0.329 e. The summed E-state index contributed by atoms with van der Waals surface area (Å²) in [4.78, 5) is 39.1. The van der Waals surface area contributed by atoms with E-state index in [1.807, 2.05) is 11.0 Å². The van der Waals surface area contributed by atoms with Crippen molar-refractivity contribution in [3.8, 4) is 0 Å². The van der Waals surface area contributed by atoms with Crippen LogP contribution < -0.4 is 5.56 Å². The Hall–Kier alpha value is -2.52. The van der Waals surface area contributed by atoms with Crippen LogP contribution in [0.25, 0.3) is 5.65 Å². The molecule has 2 fully saturated rings. The van der Waals surface area contributed by atoms with E-state index in [1.54, 1.807) is 17.0 Å². The predicted octanol–water partition coefficient (Wildman–Crippen LogP) is 3.04. The lowest BCUT2D eigenvalue weighted by Gasteiger charge is -2.34. The van der Waals surface area contributed by atoms with Gasteiger partial charge < -0.3 is 9.80 Å². The van der Waals surface area contributed by atoms with E-state index in [9.17, 15) is 9.59 Å². The van der Waals surface area contributed by atoms with Crippen LogP contribution >= 0.6 is 11.3 Å². The smallest absolute Gasteiger partial charge is 0.273 e. The number of thiazole rings is 1. The average molecular weight is 441 g/mol. The van der Waals surface area contributed by atoms with Crippen molar-refractivity contribution in [2.45, 2.75) is 57.5 Å². The quantitative estimate of drug-likeness (QED) is 0.674. The number of fused-ring (bicyclic) bond motifs is 1. The van der Waals surface area contributed by atoms with Crippen LogP contribution in [0.15, 0.2) is 27.8 Å². The monoisotopic (exact) mass is 440 g/mol. The average Bonchev–Trinajstić information content (AvgIpc) is 3.53. The highest BCUT2D eigenvalue weighted by Gasteiger charge is 2.33. The summed E-state index contributed by atoms with van der Waals surface area (Å²) in [6, 6.07) is 4.07. The highest BCUT2D eigenvalue weighted by Crippen LogP contribution is 2.33. The van der Waals surface area contributed by atoms with E-state index in [-0.39, 0.29) is 17.5 Å². The molecule has 0 bridgehead atoms. The number of nitrogens with zero attached hydrogens (tertiary/aromatic N) is 5. The van der Waals surface area contributed by atoms with Crippen LogP contribution in [0.2, 0.25) is 0 Å². The third kappa shape index (κ3) is 3.80. The topological polar surface area (TPSA) is 86.6 Å². The van der Waals surface area contributed by atoms with Gasteiger partial charge in [0.15, 0.2) is 5.65 Å². The Bertz CT molecular complexity index is 1130. The maximum atomic E-state index is 12.9. The highest BCUT2D eigenvalue weighted by atomic mass is 32.1. The van der Waals surface area contributed by atoms with Crippen LogP contribution in [0.5, 0.6) is 0 Å². The lowest BCUT2D eigenvalue weighted by Crippen LogP contribution is -2.38. The molecule has 2 saturated heterocycles. The molecule has 5 heterocycles. The number of aromatic nitrogens is 4. The molecule has 0 aromatic carbocycles. The second-order valence-electron chi connectivity index (χ2n) is 8.86. The summed E-state index contributed by atoms with van der Waals surface area (Å²) in [5.74, 6) is 0.264. The fraction of sp³-hybridized carbons (Fsp3) is 0.545. The number of carbonyl (C=O) groups is 1. The number of amides is 1. The summed E-state index contributed by atoms with van der Waals surface area (Å²) >= 11 is 1.42. The van der Waals surface area contributed by atoms with Crippen LogP contribution in [0.4, 0.5) is 0 Å². The fourth-order valence-corrected chi connectivity index (χ4v) is 5.44. The summed E-state index contributed by atoms with van der Waals surface area (Å²) in [5.41, 5.74) is 4.46. The number of hydrogen-bond acceptors (Lipinski definition) is 6. The molecule has 31 heavy (non-hydrogen) atoms. The third-order valence-corrected chi connectivity index (χ3v) is 7.28. The van der Waals surface area contributed by atoms with Crippen LogP contribution in [0, 0.1) is 0 Å². The number of piperidine rings is 1. The van der Waals surface area contributed by atoms with Crippen molar-refractivity contribution in [2.24, 2.45) is 0 Å². The molecule has 1 atom stereocenters. The molecule has 0 saturated carbocycles. The van der Waals surface area contributed by atoms with Crippen LogP contribution in [0.3, 0.4) is 0 Å². The third-order valence-electron chi connectivity index (χ3n) is 6.69. The van der Waals surface area contributed by atoms with Crippen molar-refractivity contribution in [3.05, 3.63) is 50.5 Å². The second kappa shape index (κ2) is 8.20. The molecule has 2 aliphatic rings. The number of nitrogens with one attached hydrogen (secondary N) is 1. The lowest BCUT2D eigenvalue weighted by atomic mass is 9.92. The van der Waals surface area contributed by atoms with Gasteiger partial charge in [0.05, 0.1) is 22.9 Å². The minimum atomic E-state index is -0.0899. The van der Waals surface area contributed by atoms with E-state index < -0.39 is 0 Å². The van der Waals surface area contributed by atoms with Gasteiger partial charge in [0.2, 0.25) is 0 Å². The zero-order chi connectivity index (χ0) is 21.5. The number of H-pyrrole nitrogens is 1. The zero-order valence-electron chi connectivity index (χ0n) is 18.0. The lowest BCUT2D eigenvalue weighted by molar-refractivity contribution is 0.0727. The molecule has 5 rings (SSSR count). The molecule has 1 unspecified atom stereocenters. The van der Waals surface area contributed by atoms with Crippen LogP contribution in [-0.4, -0.2) is 61.0 Å². The maximum Gasteiger partial charge on any atom is 0.273 e. The molecular formula is C22H28N6O2S. The Balaban J connectivity index is 1.41. The van der Waals surface area contributed by atoms with Crippen molar-refractivity contribution < 1.29 is 4.79 Å². The maximum absolute atomic E-state index is 12.9. The van der Waals surface area contributed by atoms with Gasteiger partial charge in [0.25, 0.3) is 11.5 Å². The van der Waals surface area contributed by atoms with Crippen molar-refractivity contribution in [2.75, 3.05) is 19.6 Å². The molecule has 0 spiro atoms. The number of hydrogen-bond donors (Lipinski definition) is 1. The van der Waals surface area contributed by atoms with Gasteiger partial charge in [0.1, 0.15) is 5.69 Å². The molecule has 0 radical (unpaired) electrons. The first-order chi connectivity index (χ1) is 15.0. The molecular weight excluding hydrogens is 412 g/mol. The Morgan fingerprint density at radius 3 is 2.71 bits per heavy atom. The normalized spacial score (nSPS) is 20.9. The van der Waals surface area contributed by atoms with Crippen molar-refractivity contribution in [3.63, 3.8) is 0 Å². The number of carbonyl (C=O) groups excluding carboxylic acids is 1. The first-order valence-electron chi connectivity index (χ1n) is 11.1. The van der Waals surface area contributed by atoms with Crippen molar-refractivity contribution in [1.82, 2.24) is 29.4 Å². The van der Waals surface area contributed by atoms with Gasteiger partial charge in [0, 0.05) is 36.0 Å². The minimum absolute atomic E-state index is 0.0553. The Morgan fingerprint density at radius 2 is 2.00 bits per heavy atom. The molecule has 1 amide bonds. The first-order valence-corrected chi connectivity index (χ1v) is 12.0. The fourth-order valence-electron chi connectivity index (χ4n) is 4.92. The molecule has 9 heteroatoms. The van der Waals surface area contributed by atoms with Gasteiger partial charge in [-0.3, -0.25) is 14.7 Å². The van der Waals surface area contributed by atoms with Gasteiger partial charge >= 0.3 is 0 Å². The largest absolute Gasteiger partial charge is 0.329 e. The molecule has 3 aromatic rings. The summed E-state index contributed by atoms with van der Waals surface area (Å²) in [5, 5.41) is 4.99. The molecule has 8 nitrogen and oxygen atoms in total. The van der Waals surface area contributed by atoms with Gasteiger partial charge in [-0.15, -0.1) is 11.3 Å². The number of rotatable bonds is 4. The Kier molecular flexibility index (Phi) is 5.39. The highest BCUT2D eigenvalue weighted by molar-refractivity contribution is 7.07. The summed E-state index contributed by atoms with van der Waals surface area (Å²) in [6.45, 7) is 7.22. The summed E-state index contributed by atoms with van der Waals surface area (Å²) in [7, 11) is 0. The van der Waals surface area contributed by atoms with Crippen LogP contribution in [-0.2, 0) is 0 Å². The van der Waals surface area contributed by atoms with E-state index in [0.29, 0.717) is 29.8 Å². The predicted molar refractivity (Wildman–Crippen MR) is 120 cm³/mol. The van der Waals surface area contributed by atoms with Gasteiger partial charge in [-0.05, 0) is 52.6 Å². The SMILES string of the molecule is CC(C)N1CCC(c2cc(=O)n3[nH]c(C4CCCN4C(=O)c4cscn4)cc3n2)CC1. The van der Waals surface area contributed by atoms with E-state index in [0.717, 1.165) is 50.2 Å². The van der Waals surface area contributed by atoms with E-state index in [1.165, 1.54) is 15.9 Å². The Labute approximate surface area is 184 Å². The van der Waals surface area contributed by atoms with Crippen LogP contribution in [0.1, 0.15) is 73.4 Å². The molecule has 1 N–H and O–H groups in total. The molecule has 0 aliphatic carbocycles. The van der Waals surface area contributed by atoms with E-state index in [4.69, 9.17) is 4.98 Å². The van der Waals surface area contributed by atoms with Gasteiger partial charge in [-0.2, -0.15) is 0 Å². The molecule has 164 valence electrons. The standard InChI is InChI=1S/C22H28N6O2S/c1-14(2)26-8-5-15(6-9-26)16-11-21(29)28-20(24-16)10-17(25-28)19-4-3-7-27(19)22(30)18-12-31-13-23-18/h10-15,19,25H,3-9H2,1-2H3. The summed E-state index contributed by atoms with van der Waals surface area (Å²) < 4.78 is 1.51. The second-order valence-corrected chi connectivity index (χ2v) is 9.58. The first kappa shape index (κ1) is 20.4. The van der Waals surface area contributed by atoms with E-state index >= 15 is 0 Å². The number of likely N-dealkylation sites (tertiary alicyclic amines) is 2. The zero-order valence-corrected chi connectivity index (χ0v) is 18.8. The number of aromatic amines is 1. The van der Waals surface area contributed by atoms with E-state index in [2.05, 4.69) is 28.8 Å². The van der Waals surface area contributed by atoms with Crippen molar-refractivity contribution in [1.29, 1.82) is 0 Å². The van der Waals surface area contributed by atoms with Crippen molar-refractivity contribution >= 4 is 22.9 Å². The molecule has 3 aromatic heterocycles. The Morgan fingerprint density at radius 1 is 1.19 bits per heavy atom.